The largest absolute Gasteiger partial charge is 0.410 e. The van der Waals surface area contributed by atoms with Crippen LogP contribution in [-0.4, -0.2) is 10.4 Å². The highest BCUT2D eigenvalue weighted by Crippen LogP contribution is 1.54. The Morgan fingerprint density at radius 3 is 2.25 bits per heavy atom. The second-order valence-corrected chi connectivity index (χ2v) is 1.96. The predicted molar refractivity (Wildman–Crippen MR) is 36.1 cm³/mol. The normalized spacial score (nSPS) is 13.7. The molecule has 0 aliphatic heterocycles. The maximum atomic E-state index is 10.9. The molecule has 6 heteroatoms. The molecule has 2 N–H and O–H groups in total. The van der Waals surface area contributed by atoms with E-state index in [0.29, 0.717) is 0 Å². The Hall–Kier alpha value is -1.98. The van der Waals surface area contributed by atoms with Crippen LogP contribution in [0.2, 0.25) is 0 Å². The van der Waals surface area contributed by atoms with Gasteiger partial charge in [-0.3, -0.25) is 9.59 Å². The number of nitrogens with zero attached hydrogens (tertiary/aromatic N) is 2. The summed E-state index contributed by atoms with van der Waals surface area (Å²) in [6.45, 7) is 0. The summed E-state index contributed by atoms with van der Waals surface area (Å²) in [6.07, 6.45) is 0. The average Bonchev–Trinajstić information content (AvgIpc) is 2.06. The highest BCUT2D eigenvalue weighted by atomic mass is 16.4. The minimum atomic E-state index is -0.896. The molecule has 1 rings (SSSR count). The zero-order valence-corrected chi connectivity index (χ0v) is 5.76. The van der Waals surface area contributed by atoms with E-state index in [9.17, 15) is 9.59 Å². The van der Waals surface area contributed by atoms with Crippen molar-refractivity contribution in [2.75, 3.05) is 0 Å². The van der Waals surface area contributed by atoms with Gasteiger partial charge in [0.25, 0.3) is 0 Å². The van der Waals surface area contributed by atoms with E-state index in [4.69, 9.17) is 10.4 Å². The third-order valence-corrected chi connectivity index (χ3v) is 1.28. The van der Waals surface area contributed by atoms with Crippen molar-refractivity contribution in [1.29, 1.82) is 0 Å². The van der Waals surface area contributed by atoms with E-state index in [1.54, 1.807) is 0 Å². The quantitative estimate of drug-likeness (QED) is 0.341. The molecule has 0 amide bonds. The van der Waals surface area contributed by atoms with Crippen molar-refractivity contribution >= 4 is 0 Å². The summed E-state index contributed by atoms with van der Waals surface area (Å²) in [5.74, 6) is 0. The molecule has 12 heavy (non-hydrogen) atoms. The summed E-state index contributed by atoms with van der Waals surface area (Å²) in [6, 6.07) is 2.02. The first kappa shape index (κ1) is 8.12. The minimum absolute atomic E-state index is 0.331. The van der Waals surface area contributed by atoms with Crippen molar-refractivity contribution in [3.8, 4) is 0 Å². The van der Waals surface area contributed by atoms with Crippen molar-refractivity contribution in [2.24, 2.45) is 10.3 Å². The van der Waals surface area contributed by atoms with Crippen LogP contribution in [0, 0.1) is 0 Å². The Bertz CT molecular complexity index is 496. The fourth-order valence-corrected chi connectivity index (χ4v) is 0.716. The smallest absolute Gasteiger partial charge is 0.240 e. The molecule has 0 radical (unpaired) electrons. The Balaban J connectivity index is 3.96. The van der Waals surface area contributed by atoms with E-state index in [0.717, 1.165) is 12.1 Å². The first-order valence-corrected chi connectivity index (χ1v) is 2.92. The highest BCUT2D eigenvalue weighted by molar-refractivity contribution is 5.01. The maximum Gasteiger partial charge on any atom is 0.240 e. The van der Waals surface area contributed by atoms with E-state index in [-0.39, 0.29) is 5.36 Å². The number of hydrogen-bond acceptors (Lipinski definition) is 6. The van der Waals surface area contributed by atoms with Crippen LogP contribution in [0.25, 0.3) is 0 Å². The van der Waals surface area contributed by atoms with Gasteiger partial charge in [-0.15, -0.1) is 0 Å². The van der Waals surface area contributed by atoms with E-state index < -0.39 is 16.2 Å². The molecule has 0 unspecified atom stereocenters. The van der Waals surface area contributed by atoms with Gasteiger partial charge in [-0.2, -0.15) is 0 Å². The molecular weight excluding hydrogens is 164 g/mol. The SMILES string of the molecule is O=c1cc/c(=N\O)c(=O)/c1=N\O. The molecule has 1 aromatic carbocycles. The van der Waals surface area contributed by atoms with Crippen molar-refractivity contribution in [1.82, 2.24) is 0 Å². The van der Waals surface area contributed by atoms with Crippen LogP contribution in [0.5, 0.6) is 0 Å². The Morgan fingerprint density at radius 1 is 1.08 bits per heavy atom. The first-order chi connectivity index (χ1) is 5.70. The molecule has 0 aromatic heterocycles. The van der Waals surface area contributed by atoms with Crippen molar-refractivity contribution in [3.63, 3.8) is 0 Å². The lowest BCUT2D eigenvalue weighted by Gasteiger charge is -1.79. The summed E-state index contributed by atoms with van der Waals surface area (Å²) in [5, 5.41) is 20.6. The monoisotopic (exact) mass is 168 g/mol. The molecule has 1 aromatic rings. The zero-order chi connectivity index (χ0) is 9.14. The fraction of sp³-hybridized carbons (Fsp3) is 0. The first-order valence-electron chi connectivity index (χ1n) is 2.92. The van der Waals surface area contributed by atoms with Crippen LogP contribution in [-0.2, 0) is 0 Å². The van der Waals surface area contributed by atoms with E-state index in [2.05, 4.69) is 10.3 Å². The van der Waals surface area contributed by atoms with Crippen molar-refractivity contribution < 1.29 is 10.4 Å². The third-order valence-electron chi connectivity index (χ3n) is 1.28. The number of hydrogen-bond donors (Lipinski definition) is 2. The predicted octanol–water partition coefficient (Wildman–Crippen LogP) is -2.14. The van der Waals surface area contributed by atoms with Crippen LogP contribution in [0.1, 0.15) is 0 Å². The van der Waals surface area contributed by atoms with Crippen LogP contribution in [0.3, 0.4) is 0 Å². The van der Waals surface area contributed by atoms with Gasteiger partial charge in [-0.25, -0.2) is 0 Å². The Morgan fingerprint density at radius 2 is 1.75 bits per heavy atom. The standard InChI is InChI=1S/C6H4N2O4/c9-4-2-1-3(7-11)6(10)5(4)8-12/h1-2,11-12H/b7-3+,8-5-. The van der Waals surface area contributed by atoms with Gasteiger partial charge in [-0.1, -0.05) is 10.3 Å². The third kappa shape index (κ3) is 1.09. The molecule has 0 saturated carbocycles. The Labute approximate surface area is 65.0 Å². The van der Waals surface area contributed by atoms with Crippen LogP contribution in [0.4, 0.5) is 0 Å². The van der Waals surface area contributed by atoms with Gasteiger partial charge >= 0.3 is 0 Å². The lowest BCUT2D eigenvalue weighted by Crippen LogP contribution is -2.47. The summed E-state index contributed by atoms with van der Waals surface area (Å²) in [7, 11) is 0. The highest BCUT2D eigenvalue weighted by Gasteiger charge is 1.99. The van der Waals surface area contributed by atoms with Gasteiger partial charge in [-0.05, 0) is 12.1 Å². The molecule has 0 aliphatic rings. The maximum absolute atomic E-state index is 10.9. The molecule has 0 heterocycles. The molecule has 0 aliphatic carbocycles. The zero-order valence-electron chi connectivity index (χ0n) is 5.76. The molecule has 0 saturated heterocycles. The molecular formula is C6H4N2O4. The van der Waals surface area contributed by atoms with Crippen LogP contribution in [0.15, 0.2) is 32.0 Å². The molecule has 0 bridgehead atoms. The molecule has 0 fully saturated rings. The van der Waals surface area contributed by atoms with Crippen LogP contribution >= 0.6 is 0 Å². The lowest BCUT2D eigenvalue weighted by atomic mass is 10.3. The van der Waals surface area contributed by atoms with Gasteiger partial charge in [0.2, 0.25) is 10.9 Å². The summed E-state index contributed by atoms with van der Waals surface area (Å²) in [5.41, 5.74) is -1.61. The summed E-state index contributed by atoms with van der Waals surface area (Å²) < 4.78 is 0. The molecule has 0 atom stereocenters. The number of benzene rings is 1. The van der Waals surface area contributed by atoms with Crippen molar-refractivity contribution in [2.45, 2.75) is 0 Å². The summed E-state index contributed by atoms with van der Waals surface area (Å²) in [4.78, 5) is 21.7. The van der Waals surface area contributed by atoms with Crippen molar-refractivity contribution in [3.05, 3.63) is 43.3 Å². The van der Waals surface area contributed by atoms with Gasteiger partial charge in [0.1, 0.15) is 0 Å². The fourth-order valence-electron chi connectivity index (χ4n) is 0.716. The second kappa shape index (κ2) is 2.95. The molecule has 0 spiro atoms. The van der Waals surface area contributed by atoms with Gasteiger partial charge in [0.05, 0.1) is 0 Å². The lowest BCUT2D eigenvalue weighted by molar-refractivity contribution is 0.295. The van der Waals surface area contributed by atoms with E-state index in [1.165, 1.54) is 0 Å². The van der Waals surface area contributed by atoms with Gasteiger partial charge in [0, 0.05) is 0 Å². The average molecular weight is 168 g/mol. The second-order valence-electron chi connectivity index (χ2n) is 1.96. The van der Waals surface area contributed by atoms with Gasteiger partial charge in [0.15, 0.2) is 10.7 Å². The minimum Gasteiger partial charge on any atom is -0.410 e. The van der Waals surface area contributed by atoms with Gasteiger partial charge < -0.3 is 10.4 Å². The number of rotatable bonds is 0. The van der Waals surface area contributed by atoms with E-state index >= 15 is 0 Å². The van der Waals surface area contributed by atoms with Crippen LogP contribution < -0.4 is 21.6 Å². The molecule has 62 valence electrons. The topological polar surface area (TPSA) is 99.3 Å². The summed E-state index contributed by atoms with van der Waals surface area (Å²) >= 11 is 0. The molecule has 6 nitrogen and oxygen atoms in total. The van der Waals surface area contributed by atoms with E-state index in [1.807, 2.05) is 0 Å². The Kier molecular flexibility index (Phi) is 2.00.